The van der Waals surface area contributed by atoms with Crippen LogP contribution >= 0.6 is 12.4 Å². The highest BCUT2D eigenvalue weighted by molar-refractivity contribution is 5.85. The highest BCUT2D eigenvalue weighted by Crippen LogP contribution is 2.30. The van der Waals surface area contributed by atoms with Crippen LogP contribution in [0.4, 0.5) is 13.2 Å². The average Bonchev–Trinajstić information content (AvgIpc) is 2.71. The number of benzene rings is 1. The van der Waals surface area contributed by atoms with Crippen molar-refractivity contribution in [3.05, 3.63) is 29.8 Å². The maximum Gasteiger partial charge on any atom is 0.573 e. The summed E-state index contributed by atoms with van der Waals surface area (Å²) in [6, 6.07) is 6.61. The first-order chi connectivity index (χ1) is 9.39. The molecule has 1 saturated heterocycles. The van der Waals surface area contributed by atoms with E-state index in [2.05, 4.69) is 16.6 Å². The number of halogens is 4. The van der Waals surface area contributed by atoms with Gasteiger partial charge in [0, 0.05) is 24.7 Å². The Morgan fingerprint density at radius 2 is 2.00 bits per heavy atom. The molecule has 1 aromatic rings. The van der Waals surface area contributed by atoms with Gasteiger partial charge in [-0.05, 0) is 31.9 Å². The van der Waals surface area contributed by atoms with E-state index in [9.17, 15) is 13.2 Å². The fourth-order valence-electron chi connectivity index (χ4n) is 2.69. The average molecular weight is 325 g/mol. The van der Waals surface area contributed by atoms with Gasteiger partial charge < -0.3 is 10.5 Å². The van der Waals surface area contributed by atoms with Crippen LogP contribution in [0.5, 0.6) is 5.75 Å². The second-order valence-electron chi connectivity index (χ2n) is 5.27. The maximum atomic E-state index is 12.4. The molecule has 0 radical (unpaired) electrons. The Balaban J connectivity index is 0.00000220. The summed E-state index contributed by atoms with van der Waals surface area (Å²) in [6.45, 7) is 3.95. The first kappa shape index (κ1) is 18.1. The van der Waals surface area contributed by atoms with Crippen molar-refractivity contribution in [2.75, 3.05) is 13.1 Å². The van der Waals surface area contributed by atoms with Crippen molar-refractivity contribution in [3.63, 3.8) is 0 Å². The summed E-state index contributed by atoms with van der Waals surface area (Å²) in [5.41, 5.74) is 6.21. The molecule has 2 N–H and O–H groups in total. The van der Waals surface area contributed by atoms with Crippen molar-refractivity contribution >= 4 is 12.4 Å². The van der Waals surface area contributed by atoms with Crippen molar-refractivity contribution in [2.45, 2.75) is 32.3 Å². The number of nitrogens with two attached hydrogens (primary N) is 1. The van der Waals surface area contributed by atoms with Crippen LogP contribution in [0.1, 0.15) is 18.9 Å². The topological polar surface area (TPSA) is 38.5 Å². The first-order valence-corrected chi connectivity index (χ1v) is 6.67. The maximum absolute atomic E-state index is 12.4. The normalized spacial score (nSPS) is 22.9. The molecule has 0 aromatic heterocycles. The molecule has 3 nitrogen and oxygen atoms in total. The monoisotopic (exact) mass is 324 g/mol. The molecule has 0 aliphatic carbocycles. The number of ether oxygens (including phenoxy) is 1. The second-order valence-corrected chi connectivity index (χ2v) is 5.27. The Bertz CT molecular complexity index is 456. The third-order valence-electron chi connectivity index (χ3n) is 3.70. The molecule has 7 heteroatoms. The molecule has 21 heavy (non-hydrogen) atoms. The molecule has 1 heterocycles. The molecule has 0 amide bonds. The molecular weight excluding hydrogens is 305 g/mol. The number of para-hydroxylation sites is 1. The van der Waals surface area contributed by atoms with Crippen LogP contribution < -0.4 is 10.5 Å². The van der Waals surface area contributed by atoms with Gasteiger partial charge in [-0.1, -0.05) is 18.2 Å². The molecule has 2 atom stereocenters. The predicted molar refractivity (Wildman–Crippen MR) is 77.4 cm³/mol. The molecule has 2 rings (SSSR count). The molecule has 1 aliphatic rings. The number of alkyl halides is 3. The SMILES string of the molecule is CC1CC(CN)CN1Cc1ccccc1OC(F)(F)F.Cl. The smallest absolute Gasteiger partial charge is 0.405 e. The Morgan fingerprint density at radius 1 is 1.33 bits per heavy atom. The van der Waals surface area contributed by atoms with Crippen LogP contribution in [0, 0.1) is 5.92 Å². The first-order valence-electron chi connectivity index (χ1n) is 6.67. The van der Waals surface area contributed by atoms with Gasteiger partial charge in [-0.3, -0.25) is 4.90 Å². The summed E-state index contributed by atoms with van der Waals surface area (Å²) in [5.74, 6) is 0.295. The van der Waals surface area contributed by atoms with Crippen molar-refractivity contribution in [2.24, 2.45) is 11.7 Å². The molecule has 0 spiro atoms. The van der Waals surface area contributed by atoms with Crippen molar-refractivity contribution in [1.82, 2.24) is 4.90 Å². The molecule has 1 fully saturated rings. The molecule has 0 bridgehead atoms. The van der Waals surface area contributed by atoms with Crippen LogP contribution in [-0.2, 0) is 6.54 Å². The highest BCUT2D eigenvalue weighted by Gasteiger charge is 2.33. The van der Waals surface area contributed by atoms with E-state index < -0.39 is 6.36 Å². The van der Waals surface area contributed by atoms with Gasteiger partial charge in [-0.2, -0.15) is 0 Å². The zero-order valence-corrected chi connectivity index (χ0v) is 12.6. The van der Waals surface area contributed by atoms with Crippen LogP contribution in [0.3, 0.4) is 0 Å². The molecule has 120 valence electrons. The summed E-state index contributed by atoms with van der Waals surface area (Å²) in [5, 5.41) is 0. The van der Waals surface area contributed by atoms with E-state index in [0.717, 1.165) is 13.0 Å². The van der Waals surface area contributed by atoms with E-state index in [1.165, 1.54) is 6.07 Å². The van der Waals surface area contributed by atoms with Crippen LogP contribution in [0.15, 0.2) is 24.3 Å². The molecule has 2 unspecified atom stereocenters. The minimum Gasteiger partial charge on any atom is -0.405 e. The zero-order chi connectivity index (χ0) is 14.8. The Hall–Kier alpha value is -0.980. The lowest BCUT2D eigenvalue weighted by molar-refractivity contribution is -0.275. The Morgan fingerprint density at radius 3 is 2.57 bits per heavy atom. The summed E-state index contributed by atoms with van der Waals surface area (Å²) < 4.78 is 41.2. The molecular formula is C14H20ClF3N2O. The molecule has 0 saturated carbocycles. The van der Waals surface area contributed by atoms with E-state index in [4.69, 9.17) is 5.73 Å². The van der Waals surface area contributed by atoms with Crippen molar-refractivity contribution < 1.29 is 17.9 Å². The number of rotatable bonds is 4. The quantitative estimate of drug-likeness (QED) is 0.924. The molecule has 1 aliphatic heterocycles. The van der Waals surface area contributed by atoms with E-state index in [1.54, 1.807) is 18.2 Å². The van der Waals surface area contributed by atoms with Gasteiger partial charge in [0.15, 0.2) is 0 Å². The number of hydrogen-bond donors (Lipinski definition) is 1. The summed E-state index contributed by atoms with van der Waals surface area (Å²) in [6.07, 6.45) is -3.68. The van der Waals surface area contributed by atoms with Crippen LogP contribution in [-0.4, -0.2) is 30.4 Å². The van der Waals surface area contributed by atoms with E-state index in [-0.39, 0.29) is 18.2 Å². The largest absolute Gasteiger partial charge is 0.573 e. The van der Waals surface area contributed by atoms with Gasteiger partial charge in [-0.15, -0.1) is 25.6 Å². The van der Waals surface area contributed by atoms with Gasteiger partial charge in [-0.25, -0.2) is 0 Å². The Labute approximate surface area is 128 Å². The lowest BCUT2D eigenvalue weighted by atomic mass is 10.1. The lowest BCUT2D eigenvalue weighted by Gasteiger charge is -2.22. The Kier molecular flexibility index (Phi) is 6.31. The van der Waals surface area contributed by atoms with Crippen LogP contribution in [0.25, 0.3) is 0 Å². The predicted octanol–water partition coefficient (Wildman–Crippen LogP) is 3.18. The third kappa shape index (κ3) is 5.05. The molecule has 1 aromatic carbocycles. The zero-order valence-electron chi connectivity index (χ0n) is 11.8. The fourth-order valence-corrected chi connectivity index (χ4v) is 2.69. The van der Waals surface area contributed by atoms with Gasteiger partial charge in [0.2, 0.25) is 0 Å². The van der Waals surface area contributed by atoms with Gasteiger partial charge in [0.05, 0.1) is 0 Å². The van der Waals surface area contributed by atoms with Crippen LogP contribution in [0.2, 0.25) is 0 Å². The van der Waals surface area contributed by atoms with E-state index in [1.807, 2.05) is 0 Å². The minimum absolute atomic E-state index is 0. The van der Waals surface area contributed by atoms with Gasteiger partial charge >= 0.3 is 6.36 Å². The number of hydrogen-bond acceptors (Lipinski definition) is 3. The fraction of sp³-hybridized carbons (Fsp3) is 0.571. The summed E-state index contributed by atoms with van der Waals surface area (Å²) >= 11 is 0. The van der Waals surface area contributed by atoms with Gasteiger partial charge in [0.25, 0.3) is 0 Å². The van der Waals surface area contributed by atoms with Crippen molar-refractivity contribution in [3.8, 4) is 5.75 Å². The summed E-state index contributed by atoms with van der Waals surface area (Å²) in [4.78, 5) is 2.15. The second kappa shape index (κ2) is 7.33. The van der Waals surface area contributed by atoms with Gasteiger partial charge in [0.1, 0.15) is 5.75 Å². The van der Waals surface area contributed by atoms with E-state index in [0.29, 0.717) is 30.6 Å². The highest BCUT2D eigenvalue weighted by atomic mass is 35.5. The summed E-state index contributed by atoms with van der Waals surface area (Å²) in [7, 11) is 0. The lowest BCUT2D eigenvalue weighted by Crippen LogP contribution is -2.28. The number of likely N-dealkylation sites (tertiary alicyclic amines) is 1. The number of nitrogens with zero attached hydrogens (tertiary/aromatic N) is 1. The standard InChI is InChI=1S/C14H19F3N2O.ClH/c1-10-6-11(7-18)8-19(10)9-12-4-2-3-5-13(12)20-14(15,16)17;/h2-5,10-11H,6-9,18H2,1H3;1H. The third-order valence-corrected chi connectivity index (χ3v) is 3.70. The minimum atomic E-state index is -4.66. The van der Waals surface area contributed by atoms with E-state index >= 15 is 0 Å². The van der Waals surface area contributed by atoms with Crippen molar-refractivity contribution in [1.29, 1.82) is 0 Å².